The summed E-state index contributed by atoms with van der Waals surface area (Å²) in [6, 6.07) is 5.67. The smallest absolute Gasteiger partial charge is 0.398 e. The van der Waals surface area contributed by atoms with Crippen molar-refractivity contribution in [1.82, 2.24) is 14.9 Å². The molecule has 3 aromatic rings. The number of hydrogen-bond acceptors (Lipinski definition) is 6. The molecule has 3 rings (SSSR count). The SMILES string of the molecule is Cc1ccc(F)c(C(C)C(NS(=O)(=O)c2ccc(Cl)cc2N)c2n[nH]c(=O)o2)c1C. The summed E-state index contributed by atoms with van der Waals surface area (Å²) in [5, 5.41) is 6.12. The van der Waals surface area contributed by atoms with E-state index in [0.717, 1.165) is 5.56 Å². The quantitative estimate of drug-likeness (QED) is 0.490. The van der Waals surface area contributed by atoms with Crippen LogP contribution in [-0.2, 0) is 10.0 Å². The first kappa shape index (κ1) is 22.0. The van der Waals surface area contributed by atoms with Gasteiger partial charge in [-0.1, -0.05) is 24.6 Å². The lowest BCUT2D eigenvalue weighted by molar-refractivity contribution is 0.377. The van der Waals surface area contributed by atoms with Crippen LogP contribution in [0.3, 0.4) is 0 Å². The van der Waals surface area contributed by atoms with E-state index in [2.05, 4.69) is 14.9 Å². The monoisotopic (exact) mass is 454 g/mol. The summed E-state index contributed by atoms with van der Waals surface area (Å²) in [6.07, 6.45) is 0. The molecule has 0 fully saturated rings. The minimum Gasteiger partial charge on any atom is -0.398 e. The van der Waals surface area contributed by atoms with E-state index >= 15 is 0 Å². The summed E-state index contributed by atoms with van der Waals surface area (Å²) < 4.78 is 48.2. The molecule has 0 saturated heterocycles. The van der Waals surface area contributed by atoms with E-state index in [1.807, 2.05) is 6.92 Å². The third kappa shape index (κ3) is 4.25. The summed E-state index contributed by atoms with van der Waals surface area (Å²) in [5.74, 6) is -2.39. The van der Waals surface area contributed by atoms with Gasteiger partial charge < -0.3 is 10.2 Å². The lowest BCUT2D eigenvalue weighted by Crippen LogP contribution is -2.33. The number of nitrogens with zero attached hydrogens (tertiary/aromatic N) is 1. The Morgan fingerprint density at radius 3 is 2.57 bits per heavy atom. The standard InChI is InChI=1S/C19H20ClFN4O4S/c1-9-4-6-13(21)16(10(9)2)11(3)17(18-23-24-19(26)29-18)25-30(27,28)15-7-5-12(20)8-14(15)22/h4-8,11,17,25H,22H2,1-3H3,(H,24,26). The topological polar surface area (TPSA) is 131 Å². The van der Waals surface area contributed by atoms with E-state index in [0.29, 0.717) is 5.56 Å². The van der Waals surface area contributed by atoms with Gasteiger partial charge in [0.05, 0.1) is 5.69 Å². The molecule has 30 heavy (non-hydrogen) atoms. The van der Waals surface area contributed by atoms with E-state index in [1.165, 1.54) is 24.3 Å². The molecule has 8 nitrogen and oxygen atoms in total. The zero-order valence-electron chi connectivity index (χ0n) is 16.4. The lowest BCUT2D eigenvalue weighted by Gasteiger charge is -2.25. The second kappa shape index (κ2) is 8.21. The van der Waals surface area contributed by atoms with Gasteiger partial charge in [0.15, 0.2) is 0 Å². The van der Waals surface area contributed by atoms with Crippen molar-refractivity contribution in [2.75, 3.05) is 5.73 Å². The zero-order valence-corrected chi connectivity index (χ0v) is 17.9. The van der Waals surface area contributed by atoms with Crippen molar-refractivity contribution in [2.45, 2.75) is 37.6 Å². The Bertz CT molecular complexity index is 1260. The molecule has 0 bridgehead atoms. The highest BCUT2D eigenvalue weighted by atomic mass is 35.5. The number of benzene rings is 2. The van der Waals surface area contributed by atoms with Gasteiger partial charge >= 0.3 is 5.76 Å². The number of nitrogen functional groups attached to an aromatic ring is 1. The van der Waals surface area contributed by atoms with E-state index < -0.39 is 33.6 Å². The molecule has 0 radical (unpaired) electrons. The molecule has 2 aromatic carbocycles. The molecular formula is C19H20ClFN4O4S. The van der Waals surface area contributed by atoms with Crippen LogP contribution in [0.1, 0.15) is 41.5 Å². The first-order chi connectivity index (χ1) is 14.0. The lowest BCUT2D eigenvalue weighted by atomic mass is 9.88. The maximum atomic E-state index is 14.7. The number of aryl methyl sites for hydroxylation is 1. The summed E-state index contributed by atoms with van der Waals surface area (Å²) in [4.78, 5) is 11.3. The highest BCUT2D eigenvalue weighted by molar-refractivity contribution is 7.89. The van der Waals surface area contributed by atoms with Gasteiger partial charge in [-0.2, -0.15) is 4.72 Å². The average molecular weight is 455 g/mol. The predicted molar refractivity (Wildman–Crippen MR) is 110 cm³/mol. The molecule has 11 heteroatoms. The largest absolute Gasteiger partial charge is 0.434 e. The second-order valence-corrected chi connectivity index (χ2v) is 9.04. The Morgan fingerprint density at radius 2 is 1.97 bits per heavy atom. The Morgan fingerprint density at radius 1 is 1.27 bits per heavy atom. The van der Waals surface area contributed by atoms with Gasteiger partial charge in [-0.05, 0) is 54.8 Å². The number of anilines is 1. The number of nitrogens with two attached hydrogens (primary N) is 1. The highest BCUT2D eigenvalue weighted by Crippen LogP contribution is 2.35. The van der Waals surface area contributed by atoms with Crippen LogP contribution in [0.4, 0.5) is 10.1 Å². The molecule has 1 aromatic heterocycles. The molecule has 0 amide bonds. The summed E-state index contributed by atoms with van der Waals surface area (Å²) in [5.41, 5.74) is 7.50. The number of hydrogen-bond donors (Lipinski definition) is 3. The van der Waals surface area contributed by atoms with Crippen LogP contribution in [0, 0.1) is 19.7 Å². The second-order valence-electron chi connectivity index (χ2n) is 6.92. The van der Waals surface area contributed by atoms with Crippen LogP contribution in [-0.4, -0.2) is 18.6 Å². The predicted octanol–water partition coefficient (Wildman–Crippen LogP) is 3.18. The number of H-pyrrole nitrogens is 1. The molecule has 2 unspecified atom stereocenters. The van der Waals surface area contributed by atoms with Crippen LogP contribution in [0.5, 0.6) is 0 Å². The third-order valence-electron chi connectivity index (χ3n) is 4.95. The van der Waals surface area contributed by atoms with E-state index in [9.17, 15) is 17.6 Å². The van der Waals surface area contributed by atoms with Gasteiger partial charge in [0.1, 0.15) is 16.8 Å². The number of aromatic nitrogens is 2. The molecule has 2 atom stereocenters. The Kier molecular flexibility index (Phi) is 6.02. The van der Waals surface area contributed by atoms with Gasteiger partial charge in [0.25, 0.3) is 0 Å². The molecule has 0 aliphatic rings. The summed E-state index contributed by atoms with van der Waals surface area (Å²) in [7, 11) is -4.21. The first-order valence-electron chi connectivity index (χ1n) is 8.89. The molecule has 160 valence electrons. The molecular weight excluding hydrogens is 435 g/mol. The fourth-order valence-corrected chi connectivity index (χ4v) is 4.83. The highest BCUT2D eigenvalue weighted by Gasteiger charge is 2.34. The van der Waals surface area contributed by atoms with Crippen LogP contribution in [0.25, 0.3) is 0 Å². The fraction of sp³-hybridized carbons (Fsp3) is 0.263. The van der Waals surface area contributed by atoms with Crippen LogP contribution >= 0.6 is 11.6 Å². The van der Waals surface area contributed by atoms with Gasteiger partial charge in [0.2, 0.25) is 15.9 Å². The molecule has 0 aliphatic carbocycles. The first-order valence-corrected chi connectivity index (χ1v) is 10.8. The maximum Gasteiger partial charge on any atom is 0.434 e. The minimum absolute atomic E-state index is 0.0669. The summed E-state index contributed by atoms with van der Waals surface area (Å²) in [6.45, 7) is 5.15. The van der Waals surface area contributed by atoms with Crippen molar-refractivity contribution in [3.63, 3.8) is 0 Å². The van der Waals surface area contributed by atoms with E-state index in [-0.39, 0.29) is 27.1 Å². The Balaban J connectivity index is 2.11. The number of rotatable bonds is 6. The molecule has 1 heterocycles. The number of sulfonamides is 1. The van der Waals surface area contributed by atoms with E-state index in [4.69, 9.17) is 21.8 Å². The third-order valence-corrected chi connectivity index (χ3v) is 6.70. The fourth-order valence-electron chi connectivity index (χ4n) is 3.27. The number of aromatic amines is 1. The van der Waals surface area contributed by atoms with Crippen molar-refractivity contribution in [2.24, 2.45) is 0 Å². The van der Waals surface area contributed by atoms with Crippen LogP contribution in [0.2, 0.25) is 5.02 Å². The molecule has 4 N–H and O–H groups in total. The van der Waals surface area contributed by atoms with Crippen molar-refractivity contribution in [3.8, 4) is 0 Å². The maximum absolute atomic E-state index is 14.7. The molecule has 0 saturated carbocycles. The normalized spacial score (nSPS) is 13.9. The van der Waals surface area contributed by atoms with Gasteiger partial charge in [-0.15, -0.1) is 5.10 Å². The Hall–Kier alpha value is -2.69. The minimum atomic E-state index is -4.21. The van der Waals surface area contributed by atoms with Crippen molar-refractivity contribution in [1.29, 1.82) is 0 Å². The average Bonchev–Trinajstić information content (AvgIpc) is 3.09. The van der Waals surface area contributed by atoms with Crippen molar-refractivity contribution in [3.05, 3.63) is 74.3 Å². The van der Waals surface area contributed by atoms with Crippen molar-refractivity contribution < 1.29 is 17.2 Å². The summed E-state index contributed by atoms with van der Waals surface area (Å²) >= 11 is 5.85. The van der Waals surface area contributed by atoms with Crippen molar-refractivity contribution >= 4 is 27.3 Å². The van der Waals surface area contributed by atoms with Gasteiger partial charge in [0, 0.05) is 10.9 Å². The number of halogens is 2. The molecule has 0 spiro atoms. The van der Waals surface area contributed by atoms with Gasteiger partial charge in [-0.25, -0.2) is 22.7 Å². The number of nitrogens with one attached hydrogen (secondary N) is 2. The van der Waals surface area contributed by atoms with Crippen LogP contribution in [0.15, 0.2) is 44.4 Å². The zero-order chi connectivity index (χ0) is 22.2. The van der Waals surface area contributed by atoms with Gasteiger partial charge in [-0.3, -0.25) is 0 Å². The Labute approximate surface area is 177 Å². The molecule has 0 aliphatic heterocycles. The van der Waals surface area contributed by atoms with E-state index in [1.54, 1.807) is 19.9 Å². The van der Waals surface area contributed by atoms with Crippen LogP contribution < -0.4 is 16.2 Å².